The van der Waals surface area contributed by atoms with Gasteiger partial charge in [-0.15, -0.1) is 0 Å². The third-order valence-electron chi connectivity index (χ3n) is 5.32. The van der Waals surface area contributed by atoms with Crippen LogP contribution in [0.5, 0.6) is 0 Å². The van der Waals surface area contributed by atoms with Crippen molar-refractivity contribution < 1.29 is 14.3 Å². The average molecular weight is 294 g/mol. The molecule has 3 fully saturated rings. The fourth-order valence-corrected chi connectivity index (χ4v) is 4.24. The lowest BCUT2D eigenvalue weighted by atomic mass is 9.75. The molecule has 5 heteroatoms. The summed E-state index contributed by atoms with van der Waals surface area (Å²) in [4.78, 5) is 26.4. The topological polar surface area (TPSA) is 58.6 Å². The molecule has 3 amide bonds. The largest absolute Gasteiger partial charge is 0.371 e. The quantitative estimate of drug-likeness (QED) is 0.796. The minimum Gasteiger partial charge on any atom is -0.371 e. The summed E-state index contributed by atoms with van der Waals surface area (Å²) in [7, 11) is 0. The fraction of sp³-hybridized carbons (Fsp3) is 0.875. The van der Waals surface area contributed by atoms with E-state index in [1.807, 2.05) is 0 Å². The van der Waals surface area contributed by atoms with E-state index in [1.165, 1.54) is 0 Å². The van der Waals surface area contributed by atoms with Crippen LogP contribution in [0.1, 0.15) is 59.3 Å². The molecule has 0 aromatic heterocycles. The Labute approximate surface area is 126 Å². The van der Waals surface area contributed by atoms with Gasteiger partial charge in [-0.25, -0.2) is 4.79 Å². The van der Waals surface area contributed by atoms with E-state index in [-0.39, 0.29) is 23.6 Å². The number of imide groups is 1. The molecular weight excluding hydrogens is 268 g/mol. The molecule has 0 bridgehead atoms. The van der Waals surface area contributed by atoms with Gasteiger partial charge in [0.25, 0.3) is 5.91 Å². The zero-order valence-electron chi connectivity index (χ0n) is 13.3. The van der Waals surface area contributed by atoms with E-state index in [0.29, 0.717) is 12.5 Å². The number of hydrogen-bond donors (Lipinski definition) is 1. The summed E-state index contributed by atoms with van der Waals surface area (Å²) in [6, 6.07) is -0.234. The zero-order chi connectivity index (χ0) is 15.3. The van der Waals surface area contributed by atoms with Gasteiger partial charge in [-0.05, 0) is 45.4 Å². The van der Waals surface area contributed by atoms with Crippen LogP contribution in [-0.2, 0) is 9.53 Å². The number of hydrogen-bond acceptors (Lipinski definition) is 3. The van der Waals surface area contributed by atoms with E-state index in [1.54, 1.807) is 4.90 Å². The van der Waals surface area contributed by atoms with Crippen LogP contribution in [0.3, 0.4) is 0 Å². The Bertz CT molecular complexity index is 462. The SMILES string of the molecule is CC1CCCC2(C1)C(=O)NC(=O)N2CC1CCC(C)(C)O1. The second-order valence-electron chi connectivity index (χ2n) is 7.64. The number of carbonyl (C=O) groups is 2. The summed E-state index contributed by atoms with van der Waals surface area (Å²) in [5.74, 6) is 0.384. The van der Waals surface area contributed by atoms with Crippen molar-refractivity contribution in [2.75, 3.05) is 6.54 Å². The number of carbonyl (C=O) groups excluding carboxylic acids is 2. The van der Waals surface area contributed by atoms with Gasteiger partial charge in [0.1, 0.15) is 5.54 Å². The highest BCUT2D eigenvalue weighted by molar-refractivity contribution is 6.07. The Hall–Kier alpha value is -1.10. The highest BCUT2D eigenvalue weighted by Gasteiger charge is 2.55. The van der Waals surface area contributed by atoms with Crippen LogP contribution >= 0.6 is 0 Å². The number of urea groups is 1. The van der Waals surface area contributed by atoms with Gasteiger partial charge in [0.05, 0.1) is 11.7 Å². The third kappa shape index (κ3) is 2.56. The molecule has 3 rings (SSSR count). The van der Waals surface area contributed by atoms with Crippen LogP contribution in [-0.4, -0.2) is 40.6 Å². The molecule has 118 valence electrons. The van der Waals surface area contributed by atoms with Gasteiger partial charge in [-0.2, -0.15) is 0 Å². The summed E-state index contributed by atoms with van der Waals surface area (Å²) < 4.78 is 6.02. The van der Waals surface area contributed by atoms with Gasteiger partial charge in [-0.1, -0.05) is 19.8 Å². The number of rotatable bonds is 2. The predicted octanol–water partition coefficient (Wildman–Crippen LogP) is 2.44. The lowest BCUT2D eigenvalue weighted by Gasteiger charge is -2.41. The first-order valence-corrected chi connectivity index (χ1v) is 8.13. The molecule has 2 aliphatic heterocycles. The van der Waals surface area contributed by atoms with Gasteiger partial charge in [-0.3, -0.25) is 10.1 Å². The fourth-order valence-electron chi connectivity index (χ4n) is 4.24. The highest BCUT2D eigenvalue weighted by atomic mass is 16.5. The maximum absolute atomic E-state index is 12.4. The van der Waals surface area contributed by atoms with Gasteiger partial charge in [0.2, 0.25) is 0 Å². The van der Waals surface area contributed by atoms with E-state index in [9.17, 15) is 9.59 Å². The molecular formula is C16H26N2O3. The third-order valence-corrected chi connectivity index (χ3v) is 5.32. The second kappa shape index (κ2) is 4.97. The van der Waals surface area contributed by atoms with Crippen LogP contribution < -0.4 is 5.32 Å². The van der Waals surface area contributed by atoms with Crippen LogP contribution in [0.4, 0.5) is 4.79 Å². The highest BCUT2D eigenvalue weighted by Crippen LogP contribution is 2.41. The van der Waals surface area contributed by atoms with Crippen LogP contribution in [0.2, 0.25) is 0 Å². The Balaban J connectivity index is 1.78. The van der Waals surface area contributed by atoms with E-state index in [2.05, 4.69) is 26.1 Å². The molecule has 1 spiro atoms. The summed E-state index contributed by atoms with van der Waals surface area (Å²) >= 11 is 0. The number of amides is 3. The van der Waals surface area contributed by atoms with Crippen molar-refractivity contribution in [1.82, 2.24) is 10.2 Å². The van der Waals surface area contributed by atoms with Crippen molar-refractivity contribution in [2.24, 2.45) is 5.92 Å². The van der Waals surface area contributed by atoms with E-state index in [0.717, 1.165) is 38.5 Å². The van der Waals surface area contributed by atoms with E-state index < -0.39 is 5.54 Å². The van der Waals surface area contributed by atoms with Gasteiger partial charge in [0, 0.05) is 6.54 Å². The standard InChI is InChI=1S/C16H26N2O3/c1-11-5-4-7-16(9-11)13(19)17-14(20)18(16)10-12-6-8-15(2,3)21-12/h11-12H,4-10H2,1-3H3,(H,17,19,20). The van der Waals surface area contributed by atoms with Crippen molar-refractivity contribution in [3.05, 3.63) is 0 Å². The van der Waals surface area contributed by atoms with Gasteiger partial charge in [0.15, 0.2) is 0 Å². The summed E-state index contributed by atoms with van der Waals surface area (Å²) in [6.45, 7) is 6.87. The molecule has 0 radical (unpaired) electrons. The first-order chi connectivity index (χ1) is 9.82. The monoisotopic (exact) mass is 294 g/mol. The molecule has 3 unspecified atom stereocenters. The molecule has 0 aromatic rings. The molecule has 1 saturated carbocycles. The summed E-state index contributed by atoms with van der Waals surface area (Å²) in [5, 5.41) is 2.54. The van der Waals surface area contributed by atoms with Crippen molar-refractivity contribution in [3.8, 4) is 0 Å². The van der Waals surface area contributed by atoms with E-state index >= 15 is 0 Å². The molecule has 2 saturated heterocycles. The summed E-state index contributed by atoms with van der Waals surface area (Å²) in [6.07, 6.45) is 5.72. The second-order valence-corrected chi connectivity index (χ2v) is 7.64. The molecule has 1 aliphatic carbocycles. The van der Waals surface area contributed by atoms with E-state index in [4.69, 9.17) is 4.74 Å². The lowest BCUT2D eigenvalue weighted by molar-refractivity contribution is -0.130. The summed E-state index contributed by atoms with van der Waals surface area (Å²) in [5.41, 5.74) is -0.733. The molecule has 0 aromatic carbocycles. The molecule has 3 aliphatic rings. The zero-order valence-corrected chi connectivity index (χ0v) is 13.3. The Morgan fingerprint density at radius 1 is 1.29 bits per heavy atom. The van der Waals surface area contributed by atoms with Crippen molar-refractivity contribution in [2.45, 2.75) is 76.5 Å². The smallest absolute Gasteiger partial charge is 0.325 e. The Morgan fingerprint density at radius 3 is 2.67 bits per heavy atom. The lowest BCUT2D eigenvalue weighted by Crippen LogP contribution is -2.54. The molecule has 5 nitrogen and oxygen atoms in total. The molecule has 2 heterocycles. The maximum atomic E-state index is 12.4. The van der Waals surface area contributed by atoms with Gasteiger partial charge >= 0.3 is 6.03 Å². The number of nitrogens with one attached hydrogen (secondary N) is 1. The van der Waals surface area contributed by atoms with Crippen LogP contribution in [0, 0.1) is 5.92 Å². The first-order valence-electron chi connectivity index (χ1n) is 8.13. The van der Waals surface area contributed by atoms with Crippen molar-refractivity contribution >= 4 is 11.9 Å². The molecule has 21 heavy (non-hydrogen) atoms. The Kier molecular flexibility index (Phi) is 3.51. The van der Waals surface area contributed by atoms with Gasteiger partial charge < -0.3 is 9.64 Å². The predicted molar refractivity (Wildman–Crippen MR) is 78.8 cm³/mol. The van der Waals surface area contributed by atoms with Crippen LogP contribution in [0.15, 0.2) is 0 Å². The van der Waals surface area contributed by atoms with Crippen molar-refractivity contribution in [3.63, 3.8) is 0 Å². The maximum Gasteiger partial charge on any atom is 0.325 e. The molecule has 3 atom stereocenters. The first kappa shape index (κ1) is 14.8. The minimum absolute atomic E-state index is 0.0470. The Morgan fingerprint density at radius 2 is 2.05 bits per heavy atom. The average Bonchev–Trinajstić information content (AvgIpc) is 2.83. The normalized spacial score (nSPS) is 39.1. The molecule has 1 N–H and O–H groups in total. The van der Waals surface area contributed by atoms with Crippen molar-refractivity contribution in [1.29, 1.82) is 0 Å². The minimum atomic E-state index is -0.620. The van der Waals surface area contributed by atoms with Crippen LogP contribution in [0.25, 0.3) is 0 Å². The number of ether oxygens (including phenoxy) is 1. The number of nitrogens with zero attached hydrogens (tertiary/aromatic N) is 1.